The number of piperidine rings is 1. The van der Waals surface area contributed by atoms with Crippen LogP contribution in [0.3, 0.4) is 0 Å². The minimum atomic E-state index is -0.503. The number of aryl methyl sites for hydroxylation is 1. The van der Waals surface area contributed by atoms with E-state index in [0.29, 0.717) is 48.6 Å². The van der Waals surface area contributed by atoms with Gasteiger partial charge in [0.15, 0.2) is 5.78 Å². The molecule has 4 atom stereocenters. The Morgan fingerprint density at radius 3 is 2.29 bits per heavy atom. The van der Waals surface area contributed by atoms with E-state index in [4.69, 9.17) is 9.47 Å². The van der Waals surface area contributed by atoms with E-state index in [9.17, 15) is 19.5 Å². The molecule has 3 fully saturated rings. The molecule has 8 heteroatoms. The lowest BCUT2D eigenvalue weighted by molar-refractivity contribution is -0.133. The van der Waals surface area contributed by atoms with E-state index in [2.05, 4.69) is 72.5 Å². The van der Waals surface area contributed by atoms with E-state index < -0.39 is 6.04 Å². The summed E-state index contributed by atoms with van der Waals surface area (Å²) in [6.07, 6.45) is 7.20. The molecular formula is C47H50N2O6. The first kappa shape index (κ1) is 35.7. The standard InChI is InChI=1S/C47H50N2O6/c1-29(54-38-12-7-32(8-13-38)46-41(31-5-3-2-4-6-31)15-9-33-23-36(50)10-16-42(33)46)30-19-21-48(22-20-30)35-25-40(26-35)55-39-14-17-43-34(24-39)28-49(47(43)53)44-18-11-37(51)27-45(44)52/h2-8,10,12-14,16-17,23-24,29-30,35,40-41,44,46,50H,9,11,15,18-22,25-28H2,1H3/t29?,35?,40?,41-,44?,46+/m1/s1. The number of phenolic OH excluding ortho intramolecular Hbond substituents is 1. The molecule has 0 spiro atoms. The van der Waals surface area contributed by atoms with Crippen LogP contribution < -0.4 is 9.47 Å². The summed E-state index contributed by atoms with van der Waals surface area (Å²) < 4.78 is 12.9. The number of benzene rings is 4. The predicted octanol–water partition coefficient (Wildman–Crippen LogP) is 7.99. The fraction of sp³-hybridized carbons (Fsp3) is 0.426. The molecule has 5 aliphatic rings. The summed E-state index contributed by atoms with van der Waals surface area (Å²) in [6, 6.07) is 31.1. The van der Waals surface area contributed by atoms with E-state index in [1.165, 1.54) is 22.3 Å². The summed E-state index contributed by atoms with van der Waals surface area (Å²) in [5.41, 5.74) is 6.71. The van der Waals surface area contributed by atoms with Crippen LogP contribution in [0.15, 0.2) is 91.0 Å². The van der Waals surface area contributed by atoms with Crippen LogP contribution in [-0.2, 0) is 22.6 Å². The summed E-state index contributed by atoms with van der Waals surface area (Å²) in [5.74, 6) is 2.82. The number of fused-ring (bicyclic) bond motifs is 2. The van der Waals surface area contributed by atoms with E-state index >= 15 is 0 Å². The summed E-state index contributed by atoms with van der Waals surface area (Å²) in [4.78, 5) is 41.6. The molecular weight excluding hydrogens is 689 g/mol. The maximum Gasteiger partial charge on any atom is 0.255 e. The Morgan fingerprint density at radius 1 is 0.764 bits per heavy atom. The Balaban J connectivity index is 0.757. The average Bonchev–Trinajstić information content (AvgIpc) is 3.51. The van der Waals surface area contributed by atoms with Crippen molar-refractivity contribution in [2.75, 3.05) is 13.1 Å². The molecule has 0 radical (unpaired) electrons. The third-order valence-corrected chi connectivity index (χ3v) is 13.2. The number of Topliss-reactive ketones (excluding diaryl/α,β-unsaturated/α-hetero) is 2. The quantitative estimate of drug-likeness (QED) is 0.174. The number of carbonyl (C=O) groups is 3. The summed E-state index contributed by atoms with van der Waals surface area (Å²) in [7, 11) is 0. The lowest BCUT2D eigenvalue weighted by Gasteiger charge is -2.46. The highest BCUT2D eigenvalue weighted by Crippen LogP contribution is 2.47. The third-order valence-electron chi connectivity index (χ3n) is 13.2. The van der Waals surface area contributed by atoms with Crippen LogP contribution in [0.25, 0.3) is 0 Å². The zero-order chi connectivity index (χ0) is 37.6. The lowest BCUT2D eigenvalue weighted by atomic mass is 9.69. The highest BCUT2D eigenvalue weighted by atomic mass is 16.5. The molecule has 0 bridgehead atoms. The van der Waals surface area contributed by atoms with Gasteiger partial charge in [0, 0.05) is 43.3 Å². The minimum absolute atomic E-state index is 0.0334. The molecule has 1 saturated heterocycles. The van der Waals surface area contributed by atoms with Crippen molar-refractivity contribution in [2.24, 2.45) is 5.92 Å². The van der Waals surface area contributed by atoms with Crippen molar-refractivity contribution >= 4 is 17.5 Å². The number of nitrogens with zero attached hydrogens (tertiary/aromatic N) is 2. The number of hydrogen-bond acceptors (Lipinski definition) is 7. The van der Waals surface area contributed by atoms with Crippen molar-refractivity contribution in [2.45, 2.75) is 107 Å². The largest absolute Gasteiger partial charge is 0.508 e. The number of ketones is 2. The van der Waals surface area contributed by atoms with E-state index in [-0.39, 0.29) is 42.0 Å². The van der Waals surface area contributed by atoms with Gasteiger partial charge in [-0.25, -0.2) is 0 Å². The Kier molecular flexibility index (Phi) is 9.71. The molecule has 1 N–H and O–H groups in total. The van der Waals surface area contributed by atoms with E-state index in [1.807, 2.05) is 30.3 Å². The van der Waals surface area contributed by atoms with Crippen molar-refractivity contribution in [3.8, 4) is 17.2 Å². The van der Waals surface area contributed by atoms with Gasteiger partial charge in [-0.3, -0.25) is 14.4 Å². The highest BCUT2D eigenvalue weighted by molar-refractivity contribution is 6.07. The second-order valence-corrected chi connectivity index (χ2v) is 16.5. The lowest BCUT2D eigenvalue weighted by Crippen LogP contribution is -2.52. The maximum atomic E-state index is 13.1. The Labute approximate surface area is 323 Å². The fourth-order valence-electron chi connectivity index (χ4n) is 10.1. The second kappa shape index (κ2) is 14.9. The molecule has 1 amide bonds. The van der Waals surface area contributed by atoms with E-state index in [0.717, 1.165) is 68.7 Å². The average molecular weight is 739 g/mol. The molecule has 3 aliphatic carbocycles. The smallest absolute Gasteiger partial charge is 0.255 e. The number of hydrogen-bond donors (Lipinski definition) is 1. The van der Waals surface area contributed by atoms with Gasteiger partial charge < -0.3 is 24.4 Å². The first-order valence-electron chi connectivity index (χ1n) is 20.3. The minimum Gasteiger partial charge on any atom is -0.508 e. The number of phenols is 1. The van der Waals surface area contributed by atoms with Gasteiger partial charge in [0.1, 0.15) is 29.1 Å². The van der Waals surface area contributed by atoms with Gasteiger partial charge in [0.2, 0.25) is 0 Å². The first-order valence-corrected chi connectivity index (χ1v) is 20.3. The van der Waals surface area contributed by atoms with Crippen LogP contribution in [0.4, 0.5) is 0 Å². The van der Waals surface area contributed by atoms with Gasteiger partial charge >= 0.3 is 0 Å². The number of likely N-dealkylation sites (tertiary alicyclic amines) is 1. The molecule has 2 saturated carbocycles. The maximum absolute atomic E-state index is 13.1. The Hall–Kier alpha value is -4.95. The molecule has 55 heavy (non-hydrogen) atoms. The van der Waals surface area contributed by atoms with Crippen LogP contribution in [0, 0.1) is 5.92 Å². The summed E-state index contributed by atoms with van der Waals surface area (Å²) in [5, 5.41) is 10.2. The van der Waals surface area contributed by atoms with E-state index in [1.54, 1.807) is 4.90 Å². The van der Waals surface area contributed by atoms with Crippen molar-refractivity contribution in [3.05, 3.63) is 124 Å². The number of rotatable bonds is 9. The third kappa shape index (κ3) is 7.17. The molecule has 9 rings (SSSR count). The van der Waals surface area contributed by atoms with Crippen LogP contribution in [0.1, 0.15) is 108 Å². The Morgan fingerprint density at radius 2 is 1.53 bits per heavy atom. The SMILES string of the molecule is CC(Oc1ccc([C@@H]2c3ccc(O)cc3CC[C@@H]2c2ccccc2)cc1)C1CCN(C2CC(Oc3ccc4c(c3)CN(C3CCC(=O)CC3=O)C4=O)C2)CC1. The van der Waals surface area contributed by atoms with Gasteiger partial charge in [-0.15, -0.1) is 0 Å². The first-order chi connectivity index (χ1) is 26.8. The Bertz CT molecular complexity index is 2070. The van der Waals surface area contributed by atoms with Crippen molar-refractivity contribution in [3.63, 3.8) is 0 Å². The zero-order valence-corrected chi connectivity index (χ0v) is 31.6. The van der Waals surface area contributed by atoms with Gasteiger partial charge in [-0.1, -0.05) is 48.5 Å². The molecule has 2 unspecified atom stereocenters. The molecule has 0 aromatic heterocycles. The monoisotopic (exact) mass is 738 g/mol. The summed E-state index contributed by atoms with van der Waals surface area (Å²) >= 11 is 0. The van der Waals surface area contributed by atoms with Gasteiger partial charge in [0.25, 0.3) is 5.91 Å². The van der Waals surface area contributed by atoms with Crippen LogP contribution in [-0.4, -0.2) is 69.8 Å². The number of aromatic hydroxyl groups is 1. The molecule has 8 nitrogen and oxygen atoms in total. The molecule has 4 aromatic rings. The highest BCUT2D eigenvalue weighted by Gasteiger charge is 2.41. The zero-order valence-electron chi connectivity index (χ0n) is 31.6. The van der Waals surface area contributed by atoms with Crippen molar-refractivity contribution in [1.82, 2.24) is 9.80 Å². The molecule has 284 valence electrons. The normalized spacial score (nSPS) is 26.2. The number of amides is 1. The van der Waals surface area contributed by atoms with Crippen molar-refractivity contribution in [1.29, 1.82) is 0 Å². The van der Waals surface area contributed by atoms with Crippen molar-refractivity contribution < 1.29 is 29.0 Å². The molecule has 4 aromatic carbocycles. The molecule has 2 heterocycles. The summed E-state index contributed by atoms with van der Waals surface area (Å²) in [6.45, 7) is 4.74. The van der Waals surface area contributed by atoms with Gasteiger partial charge in [-0.05, 0) is 134 Å². The number of carbonyl (C=O) groups excluding carboxylic acids is 3. The van der Waals surface area contributed by atoms with Gasteiger partial charge in [-0.2, -0.15) is 0 Å². The van der Waals surface area contributed by atoms with Gasteiger partial charge in [0.05, 0.1) is 18.6 Å². The molecule has 2 aliphatic heterocycles. The second-order valence-electron chi connectivity index (χ2n) is 16.5. The van der Waals surface area contributed by atoms with Crippen LogP contribution >= 0.6 is 0 Å². The van der Waals surface area contributed by atoms with Crippen LogP contribution in [0.5, 0.6) is 17.2 Å². The fourth-order valence-corrected chi connectivity index (χ4v) is 10.1. The topological polar surface area (TPSA) is 96.4 Å². The van der Waals surface area contributed by atoms with Crippen LogP contribution in [0.2, 0.25) is 0 Å². The predicted molar refractivity (Wildman–Crippen MR) is 210 cm³/mol. The number of ether oxygens (including phenoxy) is 2.